The van der Waals surface area contributed by atoms with Gasteiger partial charge < -0.3 is 15.0 Å². The van der Waals surface area contributed by atoms with Crippen LogP contribution in [0.4, 0.5) is 0 Å². The highest BCUT2D eigenvalue weighted by molar-refractivity contribution is 9.10. The molecule has 4 aromatic rings. The summed E-state index contributed by atoms with van der Waals surface area (Å²) in [6.45, 7) is 6.78. The lowest BCUT2D eigenvalue weighted by Crippen LogP contribution is -2.52. The summed E-state index contributed by atoms with van der Waals surface area (Å²) >= 11 is 3.65. The first-order chi connectivity index (χ1) is 18.8. The summed E-state index contributed by atoms with van der Waals surface area (Å²) < 4.78 is 6.85. The molecule has 5 nitrogen and oxygen atoms in total. The molecule has 0 spiro atoms. The highest BCUT2D eigenvalue weighted by atomic mass is 79.9. The number of nitrogens with one attached hydrogen (secondary N) is 1. The number of ether oxygens (including phenoxy) is 1. The lowest BCUT2D eigenvalue weighted by molar-refractivity contribution is -0.142. The van der Waals surface area contributed by atoms with Gasteiger partial charge in [0.05, 0.1) is 4.47 Å². The quantitative estimate of drug-likeness (QED) is 0.213. The van der Waals surface area contributed by atoms with Gasteiger partial charge in [-0.05, 0) is 56.7 Å². The first-order valence-corrected chi connectivity index (χ1v) is 14.1. The molecule has 202 valence electrons. The van der Waals surface area contributed by atoms with Crippen molar-refractivity contribution in [1.29, 1.82) is 0 Å². The summed E-state index contributed by atoms with van der Waals surface area (Å²) in [7, 11) is 0. The molecule has 6 heteroatoms. The maximum Gasteiger partial charge on any atom is 0.261 e. The zero-order valence-corrected chi connectivity index (χ0v) is 24.3. The fourth-order valence-corrected chi connectivity index (χ4v) is 5.02. The Morgan fingerprint density at radius 2 is 1.56 bits per heavy atom. The number of rotatable bonds is 11. The largest absolute Gasteiger partial charge is 0.483 e. The first kappa shape index (κ1) is 28.4. The van der Waals surface area contributed by atoms with Crippen molar-refractivity contribution in [2.45, 2.75) is 39.8 Å². The number of carbonyl (C=O) groups is 2. The normalized spacial score (nSPS) is 11.8. The lowest BCUT2D eigenvalue weighted by atomic mass is 10.0. The van der Waals surface area contributed by atoms with Gasteiger partial charge in [-0.3, -0.25) is 9.59 Å². The molecule has 0 heterocycles. The second-order valence-electron chi connectivity index (χ2n) is 10.2. The molecular weight excluding hydrogens is 552 g/mol. The molecule has 0 saturated heterocycles. The van der Waals surface area contributed by atoms with Crippen LogP contribution in [-0.4, -0.2) is 35.9 Å². The average molecular weight is 588 g/mol. The summed E-state index contributed by atoms with van der Waals surface area (Å²) in [4.78, 5) is 29.1. The van der Waals surface area contributed by atoms with E-state index in [0.717, 1.165) is 31.9 Å². The SMILES string of the molecule is Cc1ccc(CN(C(=O)COc2ccc3ccccc3c2Br)C(Cc2ccccc2)C(=O)NCC(C)C)cc1. The summed E-state index contributed by atoms with van der Waals surface area (Å²) in [5.41, 5.74) is 3.08. The minimum Gasteiger partial charge on any atom is -0.483 e. The molecule has 0 aliphatic heterocycles. The Bertz CT molecular complexity index is 1400. The van der Waals surface area contributed by atoms with Gasteiger partial charge in [0.25, 0.3) is 5.91 Å². The number of fused-ring (bicyclic) bond motifs is 1. The predicted molar refractivity (Wildman–Crippen MR) is 161 cm³/mol. The molecule has 39 heavy (non-hydrogen) atoms. The van der Waals surface area contributed by atoms with E-state index in [0.29, 0.717) is 31.2 Å². The van der Waals surface area contributed by atoms with Crippen LogP contribution in [0.1, 0.15) is 30.5 Å². The fourth-order valence-electron chi connectivity index (χ4n) is 4.41. The molecule has 0 fully saturated rings. The van der Waals surface area contributed by atoms with Gasteiger partial charge in [-0.25, -0.2) is 0 Å². The van der Waals surface area contributed by atoms with E-state index in [1.165, 1.54) is 0 Å². The molecule has 0 aliphatic rings. The van der Waals surface area contributed by atoms with Crippen molar-refractivity contribution >= 4 is 38.5 Å². The van der Waals surface area contributed by atoms with Crippen molar-refractivity contribution < 1.29 is 14.3 Å². The highest BCUT2D eigenvalue weighted by Crippen LogP contribution is 2.33. The first-order valence-electron chi connectivity index (χ1n) is 13.3. The Morgan fingerprint density at radius 1 is 0.872 bits per heavy atom. The molecule has 4 rings (SSSR count). The van der Waals surface area contributed by atoms with Gasteiger partial charge in [-0.1, -0.05) is 104 Å². The van der Waals surface area contributed by atoms with Crippen LogP contribution in [0.2, 0.25) is 0 Å². The van der Waals surface area contributed by atoms with Gasteiger partial charge in [0.15, 0.2) is 6.61 Å². The number of aryl methyl sites for hydroxylation is 1. The smallest absolute Gasteiger partial charge is 0.261 e. The van der Waals surface area contributed by atoms with Crippen LogP contribution in [0.3, 0.4) is 0 Å². The monoisotopic (exact) mass is 586 g/mol. The Morgan fingerprint density at radius 3 is 2.28 bits per heavy atom. The maximum atomic E-state index is 13.8. The molecule has 1 atom stereocenters. The lowest BCUT2D eigenvalue weighted by Gasteiger charge is -2.32. The van der Waals surface area contributed by atoms with E-state index in [1.54, 1.807) is 4.90 Å². The van der Waals surface area contributed by atoms with E-state index in [9.17, 15) is 9.59 Å². The van der Waals surface area contributed by atoms with Crippen molar-refractivity contribution in [2.24, 2.45) is 5.92 Å². The second-order valence-corrected chi connectivity index (χ2v) is 11.0. The van der Waals surface area contributed by atoms with E-state index >= 15 is 0 Å². The standard InChI is InChI=1S/C33H35BrN2O3/c1-23(2)20-35-33(38)29(19-25-9-5-4-6-10-25)36(21-26-15-13-24(3)14-16-26)31(37)22-39-30-18-17-27-11-7-8-12-28(27)32(30)34/h4-18,23,29H,19-22H2,1-3H3,(H,35,38). The maximum absolute atomic E-state index is 13.8. The number of carbonyl (C=O) groups excluding carboxylic acids is 2. The van der Waals surface area contributed by atoms with E-state index < -0.39 is 6.04 Å². The third kappa shape index (κ3) is 7.70. The van der Waals surface area contributed by atoms with Crippen LogP contribution in [0.5, 0.6) is 5.75 Å². The van der Waals surface area contributed by atoms with Crippen molar-refractivity contribution in [1.82, 2.24) is 10.2 Å². The minimum absolute atomic E-state index is 0.167. The van der Waals surface area contributed by atoms with Gasteiger partial charge in [-0.15, -0.1) is 0 Å². The molecule has 0 aromatic heterocycles. The summed E-state index contributed by atoms with van der Waals surface area (Å²) in [5, 5.41) is 5.14. The van der Waals surface area contributed by atoms with Crippen LogP contribution in [0.15, 0.2) is 95.5 Å². The predicted octanol–water partition coefficient (Wildman–Crippen LogP) is 6.70. The molecule has 1 unspecified atom stereocenters. The molecule has 2 amide bonds. The van der Waals surface area contributed by atoms with Crippen LogP contribution < -0.4 is 10.1 Å². The second kappa shape index (κ2) is 13.4. The van der Waals surface area contributed by atoms with Gasteiger partial charge in [0, 0.05) is 19.5 Å². The number of halogens is 1. The minimum atomic E-state index is -0.691. The number of benzene rings is 4. The molecule has 0 bridgehead atoms. The van der Waals surface area contributed by atoms with Crippen LogP contribution >= 0.6 is 15.9 Å². The topological polar surface area (TPSA) is 58.6 Å². The fraction of sp³-hybridized carbons (Fsp3) is 0.273. The third-order valence-electron chi connectivity index (χ3n) is 6.61. The van der Waals surface area contributed by atoms with Gasteiger partial charge >= 0.3 is 0 Å². The van der Waals surface area contributed by atoms with Crippen molar-refractivity contribution in [2.75, 3.05) is 13.2 Å². The van der Waals surface area contributed by atoms with Crippen molar-refractivity contribution in [3.05, 3.63) is 112 Å². The van der Waals surface area contributed by atoms with Crippen molar-refractivity contribution in [3.63, 3.8) is 0 Å². The molecule has 0 saturated carbocycles. The van der Waals surface area contributed by atoms with Gasteiger partial charge in [-0.2, -0.15) is 0 Å². The molecule has 4 aromatic carbocycles. The Labute approximate surface area is 239 Å². The van der Waals surface area contributed by atoms with E-state index in [2.05, 4.69) is 35.1 Å². The van der Waals surface area contributed by atoms with Gasteiger partial charge in [0.1, 0.15) is 11.8 Å². The highest BCUT2D eigenvalue weighted by Gasteiger charge is 2.31. The molecule has 0 aliphatic carbocycles. The number of amides is 2. The van der Waals surface area contributed by atoms with E-state index in [-0.39, 0.29) is 18.4 Å². The number of hydrogen-bond donors (Lipinski definition) is 1. The molecule has 0 radical (unpaired) electrons. The van der Waals surface area contributed by atoms with E-state index in [4.69, 9.17) is 4.74 Å². The Balaban J connectivity index is 1.63. The molecule has 1 N–H and O–H groups in total. The van der Waals surface area contributed by atoms with Gasteiger partial charge in [0.2, 0.25) is 5.91 Å². The zero-order valence-electron chi connectivity index (χ0n) is 22.7. The average Bonchev–Trinajstić information content (AvgIpc) is 2.94. The Kier molecular flexibility index (Phi) is 9.77. The van der Waals surface area contributed by atoms with Crippen LogP contribution in [-0.2, 0) is 22.6 Å². The number of hydrogen-bond acceptors (Lipinski definition) is 3. The summed E-state index contributed by atoms with van der Waals surface area (Å²) in [5.74, 6) is 0.457. The summed E-state index contributed by atoms with van der Waals surface area (Å²) in [6.07, 6.45) is 0.405. The molecular formula is C33H35BrN2O3. The third-order valence-corrected chi connectivity index (χ3v) is 7.43. The van der Waals surface area contributed by atoms with Crippen LogP contribution in [0, 0.1) is 12.8 Å². The summed E-state index contributed by atoms with van der Waals surface area (Å²) in [6, 6.07) is 29.0. The van der Waals surface area contributed by atoms with Crippen LogP contribution in [0.25, 0.3) is 10.8 Å². The zero-order chi connectivity index (χ0) is 27.8. The van der Waals surface area contributed by atoms with E-state index in [1.807, 2.05) is 97.9 Å². The Hall–Kier alpha value is -3.64. The number of nitrogens with zero attached hydrogens (tertiary/aromatic N) is 1. The van der Waals surface area contributed by atoms with Crippen molar-refractivity contribution in [3.8, 4) is 5.75 Å².